The quantitative estimate of drug-likeness (QED) is 0.581. The summed E-state index contributed by atoms with van der Waals surface area (Å²) in [6.07, 6.45) is -0.112. The third-order valence-electron chi connectivity index (χ3n) is 4.17. The first-order chi connectivity index (χ1) is 12.8. The summed E-state index contributed by atoms with van der Waals surface area (Å²) in [7, 11) is 0. The molecule has 0 atom stereocenters. The Bertz CT molecular complexity index is 1010. The van der Waals surface area contributed by atoms with Crippen LogP contribution >= 0.6 is 11.3 Å². The Morgan fingerprint density at radius 3 is 2.33 bits per heavy atom. The van der Waals surface area contributed by atoms with Gasteiger partial charge in [0.2, 0.25) is 0 Å². The van der Waals surface area contributed by atoms with Gasteiger partial charge in [0.15, 0.2) is 5.13 Å². The second-order valence-corrected chi connectivity index (χ2v) is 7.25. The number of hydrogen-bond donors (Lipinski definition) is 3. The van der Waals surface area contributed by atoms with Crippen molar-refractivity contribution in [3.8, 4) is 11.3 Å². The Hall–Kier alpha value is -3.19. The van der Waals surface area contributed by atoms with E-state index in [-0.39, 0.29) is 12.0 Å². The summed E-state index contributed by atoms with van der Waals surface area (Å²) in [6, 6.07) is 12.2. The van der Waals surface area contributed by atoms with Crippen LogP contribution in [0.25, 0.3) is 11.3 Å². The fourth-order valence-corrected chi connectivity index (χ4v) is 3.59. The molecule has 3 aromatic rings. The predicted octanol–water partition coefficient (Wildman–Crippen LogP) is 4.50. The van der Waals surface area contributed by atoms with E-state index in [1.165, 1.54) is 23.5 Å². The molecule has 0 aliphatic heterocycles. The van der Waals surface area contributed by atoms with Crippen LogP contribution in [0.2, 0.25) is 0 Å². The van der Waals surface area contributed by atoms with Gasteiger partial charge in [-0.25, -0.2) is 9.78 Å². The molecule has 2 aromatic carbocycles. The average Bonchev–Trinajstić information content (AvgIpc) is 2.99. The normalized spacial score (nSPS) is 10.6. The van der Waals surface area contributed by atoms with E-state index in [2.05, 4.69) is 10.3 Å². The fraction of sp³-hybridized carbons (Fsp3) is 0.150. The van der Waals surface area contributed by atoms with Crippen LogP contribution in [0.3, 0.4) is 0 Å². The van der Waals surface area contributed by atoms with Gasteiger partial charge in [-0.3, -0.25) is 4.79 Å². The van der Waals surface area contributed by atoms with Gasteiger partial charge in [0.1, 0.15) is 0 Å². The van der Waals surface area contributed by atoms with Crippen molar-refractivity contribution >= 4 is 34.1 Å². The fourth-order valence-electron chi connectivity index (χ4n) is 2.60. The molecule has 0 spiro atoms. The number of carboxylic acids is 2. The summed E-state index contributed by atoms with van der Waals surface area (Å²) in [6.45, 7) is 4.03. The minimum Gasteiger partial charge on any atom is -0.481 e. The van der Waals surface area contributed by atoms with Gasteiger partial charge in [-0.15, -0.1) is 11.3 Å². The van der Waals surface area contributed by atoms with Crippen molar-refractivity contribution in [3.05, 3.63) is 64.0 Å². The lowest BCUT2D eigenvalue weighted by atomic mass is 10.0. The Morgan fingerprint density at radius 1 is 1.04 bits per heavy atom. The van der Waals surface area contributed by atoms with Gasteiger partial charge >= 0.3 is 11.9 Å². The van der Waals surface area contributed by atoms with Crippen LogP contribution in [0.5, 0.6) is 0 Å². The number of aryl methyl sites for hydroxylation is 2. The molecular weight excluding hydrogens is 364 g/mol. The van der Waals surface area contributed by atoms with Gasteiger partial charge in [-0.05, 0) is 55.3 Å². The second kappa shape index (κ2) is 7.59. The molecule has 7 heteroatoms. The Kier molecular flexibility index (Phi) is 5.23. The number of benzene rings is 2. The first-order valence-corrected chi connectivity index (χ1v) is 9.04. The first-order valence-electron chi connectivity index (χ1n) is 8.23. The summed E-state index contributed by atoms with van der Waals surface area (Å²) >= 11 is 1.28. The van der Waals surface area contributed by atoms with E-state index in [9.17, 15) is 14.7 Å². The van der Waals surface area contributed by atoms with E-state index in [0.29, 0.717) is 21.4 Å². The summed E-state index contributed by atoms with van der Waals surface area (Å²) in [5.74, 6) is -1.90. The van der Waals surface area contributed by atoms with Crippen molar-refractivity contribution in [2.24, 2.45) is 0 Å². The summed E-state index contributed by atoms with van der Waals surface area (Å²) in [5, 5.41) is 21.9. The van der Waals surface area contributed by atoms with Crippen LogP contribution in [0.1, 0.15) is 26.4 Å². The largest absolute Gasteiger partial charge is 0.481 e. The van der Waals surface area contributed by atoms with E-state index in [1.54, 1.807) is 12.1 Å². The van der Waals surface area contributed by atoms with E-state index in [4.69, 9.17) is 5.11 Å². The molecule has 3 rings (SSSR count). The highest BCUT2D eigenvalue weighted by atomic mass is 32.1. The summed E-state index contributed by atoms with van der Waals surface area (Å²) < 4.78 is 0. The third kappa shape index (κ3) is 4.32. The maximum atomic E-state index is 11.2. The number of aromatic carboxylic acids is 1. The highest BCUT2D eigenvalue weighted by Gasteiger charge is 2.16. The number of aliphatic carboxylic acids is 1. The van der Waals surface area contributed by atoms with Crippen molar-refractivity contribution in [2.45, 2.75) is 20.3 Å². The molecule has 0 amide bonds. The molecule has 3 N–H and O–H groups in total. The highest BCUT2D eigenvalue weighted by molar-refractivity contribution is 7.16. The average molecular weight is 382 g/mol. The molecule has 0 radical (unpaired) electrons. The number of rotatable bonds is 6. The first kappa shape index (κ1) is 18.6. The zero-order chi connectivity index (χ0) is 19.6. The van der Waals surface area contributed by atoms with E-state index < -0.39 is 11.9 Å². The lowest BCUT2D eigenvalue weighted by Gasteiger charge is -2.05. The van der Waals surface area contributed by atoms with E-state index in [0.717, 1.165) is 16.7 Å². The molecule has 0 aliphatic carbocycles. The maximum Gasteiger partial charge on any atom is 0.335 e. The molecule has 0 unspecified atom stereocenters. The lowest BCUT2D eigenvalue weighted by molar-refractivity contribution is -0.136. The minimum absolute atomic E-state index is 0.112. The molecule has 0 aliphatic rings. The highest BCUT2D eigenvalue weighted by Crippen LogP contribution is 2.34. The molecule has 27 heavy (non-hydrogen) atoms. The number of nitrogens with zero attached hydrogens (tertiary/aromatic N) is 1. The van der Waals surface area contributed by atoms with E-state index >= 15 is 0 Å². The lowest BCUT2D eigenvalue weighted by Crippen LogP contribution is -1.99. The monoisotopic (exact) mass is 382 g/mol. The molecule has 0 saturated heterocycles. The number of carbonyl (C=O) groups is 2. The smallest absolute Gasteiger partial charge is 0.335 e. The van der Waals surface area contributed by atoms with Gasteiger partial charge in [0.05, 0.1) is 17.7 Å². The van der Waals surface area contributed by atoms with Crippen LogP contribution in [-0.4, -0.2) is 27.1 Å². The third-order valence-corrected chi connectivity index (χ3v) is 5.14. The van der Waals surface area contributed by atoms with Crippen LogP contribution in [0, 0.1) is 13.8 Å². The molecule has 1 aromatic heterocycles. The van der Waals surface area contributed by atoms with Crippen LogP contribution in [0.15, 0.2) is 42.5 Å². The molecule has 0 saturated carbocycles. The Balaban J connectivity index is 1.94. The number of thiazole rings is 1. The Labute approximate surface area is 160 Å². The summed E-state index contributed by atoms with van der Waals surface area (Å²) in [4.78, 5) is 27.4. The van der Waals surface area contributed by atoms with Crippen molar-refractivity contribution in [1.29, 1.82) is 0 Å². The van der Waals surface area contributed by atoms with Crippen molar-refractivity contribution in [2.75, 3.05) is 5.32 Å². The van der Waals surface area contributed by atoms with Crippen LogP contribution in [-0.2, 0) is 11.2 Å². The molecule has 1 heterocycles. The molecule has 6 nitrogen and oxygen atoms in total. The molecule has 0 fully saturated rings. The van der Waals surface area contributed by atoms with Gasteiger partial charge in [-0.2, -0.15) is 0 Å². The SMILES string of the molecule is Cc1ccc(-c2nc(Nc3ccc(C(=O)O)cc3)sc2CC(=O)O)cc1C. The maximum absolute atomic E-state index is 11.2. The van der Waals surface area contributed by atoms with Gasteiger partial charge < -0.3 is 15.5 Å². The second-order valence-electron chi connectivity index (χ2n) is 6.17. The molecule has 138 valence electrons. The number of anilines is 2. The van der Waals surface area contributed by atoms with Gasteiger partial charge in [-0.1, -0.05) is 12.1 Å². The number of nitrogens with one attached hydrogen (secondary N) is 1. The zero-order valence-corrected chi connectivity index (χ0v) is 15.6. The zero-order valence-electron chi connectivity index (χ0n) is 14.8. The standard InChI is InChI=1S/C20H18N2O4S/c1-11-3-4-14(9-12(11)2)18-16(10-17(23)24)27-20(22-18)21-15-7-5-13(6-8-15)19(25)26/h3-9H,10H2,1-2H3,(H,21,22)(H,23,24)(H,25,26). The number of hydrogen-bond acceptors (Lipinski definition) is 5. The van der Waals surface area contributed by atoms with Crippen molar-refractivity contribution < 1.29 is 19.8 Å². The summed E-state index contributed by atoms with van der Waals surface area (Å²) in [5.41, 5.74) is 4.67. The van der Waals surface area contributed by atoms with Gasteiger partial charge in [0, 0.05) is 16.1 Å². The topological polar surface area (TPSA) is 99.5 Å². The predicted molar refractivity (Wildman–Crippen MR) is 105 cm³/mol. The van der Waals surface area contributed by atoms with Crippen molar-refractivity contribution in [3.63, 3.8) is 0 Å². The van der Waals surface area contributed by atoms with E-state index in [1.807, 2.05) is 32.0 Å². The number of aromatic nitrogens is 1. The minimum atomic E-state index is -0.989. The van der Waals surface area contributed by atoms with Crippen LogP contribution < -0.4 is 5.32 Å². The van der Waals surface area contributed by atoms with Crippen LogP contribution in [0.4, 0.5) is 10.8 Å². The number of carboxylic acid groups (broad SMARTS) is 2. The van der Waals surface area contributed by atoms with Gasteiger partial charge in [0.25, 0.3) is 0 Å². The molecular formula is C20H18N2O4S. The Morgan fingerprint density at radius 2 is 1.74 bits per heavy atom. The van der Waals surface area contributed by atoms with Crippen molar-refractivity contribution in [1.82, 2.24) is 4.98 Å². The molecule has 0 bridgehead atoms.